The van der Waals surface area contributed by atoms with Crippen LogP contribution in [0.3, 0.4) is 0 Å². The summed E-state index contributed by atoms with van der Waals surface area (Å²) in [4.78, 5) is 37.8. The Hall–Kier alpha value is -2.63. The van der Waals surface area contributed by atoms with E-state index in [0.29, 0.717) is 19.3 Å². The van der Waals surface area contributed by atoms with E-state index in [0.717, 1.165) is 96.3 Å². The molecule has 6 nitrogen and oxygen atoms in total. The molecule has 0 heterocycles. The largest absolute Gasteiger partial charge is 0.462 e. The highest BCUT2D eigenvalue weighted by Crippen LogP contribution is 2.14. The van der Waals surface area contributed by atoms with Gasteiger partial charge < -0.3 is 14.2 Å². The summed E-state index contributed by atoms with van der Waals surface area (Å²) in [5, 5.41) is 0. The first-order valence-corrected chi connectivity index (χ1v) is 25.1. The molecule has 0 N–H and O–H groups in total. The minimum atomic E-state index is -0.779. The van der Waals surface area contributed by atoms with Crippen molar-refractivity contribution in [2.45, 2.75) is 258 Å². The maximum absolute atomic E-state index is 12.8. The standard InChI is InChI=1S/C53H94O6/c1-4-7-10-13-16-19-21-23-25-26-28-29-31-34-37-40-43-46-52(55)58-49-50(48-57-51(54)45-42-39-36-33-18-15-12-9-6-3)59-53(56)47-44-41-38-35-32-30-27-24-22-20-17-14-11-8-5-2/h8,11,17,20,23-25,27,50H,4-7,9-10,12-16,18-19,21-22,26,28-49H2,1-3H3/b11-8-,20-17-,25-23-,27-24-. The normalized spacial score (nSPS) is 12.4. The zero-order valence-corrected chi connectivity index (χ0v) is 39.0. The van der Waals surface area contributed by atoms with Crippen LogP contribution in [0.5, 0.6) is 0 Å². The fourth-order valence-electron chi connectivity index (χ4n) is 7.04. The fraction of sp³-hybridized carbons (Fsp3) is 0.792. The van der Waals surface area contributed by atoms with E-state index in [1.165, 1.54) is 116 Å². The molecule has 0 aromatic carbocycles. The molecule has 0 saturated carbocycles. The van der Waals surface area contributed by atoms with Gasteiger partial charge in [-0.25, -0.2) is 0 Å². The van der Waals surface area contributed by atoms with Crippen LogP contribution in [0, 0.1) is 0 Å². The smallest absolute Gasteiger partial charge is 0.306 e. The number of carbonyl (C=O) groups is 3. The minimum absolute atomic E-state index is 0.0799. The summed E-state index contributed by atoms with van der Waals surface area (Å²) in [6.45, 7) is 6.49. The molecule has 0 aromatic heterocycles. The Morgan fingerprint density at radius 1 is 0.356 bits per heavy atom. The van der Waals surface area contributed by atoms with Crippen LogP contribution in [0.4, 0.5) is 0 Å². The first-order valence-electron chi connectivity index (χ1n) is 25.1. The van der Waals surface area contributed by atoms with Gasteiger partial charge in [-0.05, 0) is 77.0 Å². The highest BCUT2D eigenvalue weighted by atomic mass is 16.6. The van der Waals surface area contributed by atoms with Crippen molar-refractivity contribution in [3.05, 3.63) is 48.6 Å². The van der Waals surface area contributed by atoms with Crippen LogP contribution >= 0.6 is 0 Å². The number of rotatable bonds is 45. The van der Waals surface area contributed by atoms with E-state index in [2.05, 4.69) is 69.4 Å². The lowest BCUT2D eigenvalue weighted by molar-refractivity contribution is -0.167. The molecule has 0 spiro atoms. The molecule has 0 aliphatic heterocycles. The average molecular weight is 827 g/mol. The van der Waals surface area contributed by atoms with Crippen molar-refractivity contribution in [1.29, 1.82) is 0 Å². The molecule has 342 valence electrons. The maximum Gasteiger partial charge on any atom is 0.306 e. The van der Waals surface area contributed by atoms with Gasteiger partial charge >= 0.3 is 17.9 Å². The molecule has 59 heavy (non-hydrogen) atoms. The second-order valence-electron chi connectivity index (χ2n) is 16.7. The number of allylic oxidation sites excluding steroid dienone is 8. The number of hydrogen-bond acceptors (Lipinski definition) is 6. The van der Waals surface area contributed by atoms with E-state index in [1.54, 1.807) is 0 Å². The molecule has 1 unspecified atom stereocenters. The Kier molecular flexibility index (Phi) is 45.9. The zero-order chi connectivity index (χ0) is 43.0. The molecule has 0 aromatic rings. The molecular weight excluding hydrogens is 733 g/mol. The SMILES string of the molecule is CC/C=C\C/C=C\C/C=C\CCCCCCCC(=O)OC(COC(=O)CCCCCCCCC/C=C\CCCCCCCC)COC(=O)CCCCCCCCCCC. The molecule has 0 radical (unpaired) electrons. The second kappa shape index (κ2) is 48.0. The van der Waals surface area contributed by atoms with Crippen LogP contribution < -0.4 is 0 Å². The highest BCUT2D eigenvalue weighted by molar-refractivity contribution is 5.71. The summed E-state index contributed by atoms with van der Waals surface area (Å²) in [5.74, 6) is -0.899. The van der Waals surface area contributed by atoms with Gasteiger partial charge in [0.1, 0.15) is 13.2 Å². The van der Waals surface area contributed by atoms with Crippen LogP contribution in [0.15, 0.2) is 48.6 Å². The number of ether oxygens (including phenoxy) is 3. The van der Waals surface area contributed by atoms with Crippen LogP contribution in [-0.2, 0) is 28.6 Å². The van der Waals surface area contributed by atoms with Gasteiger partial charge in [-0.3, -0.25) is 14.4 Å². The van der Waals surface area contributed by atoms with E-state index in [9.17, 15) is 14.4 Å². The molecule has 0 bridgehead atoms. The summed E-state index contributed by atoms with van der Waals surface area (Å²) >= 11 is 0. The van der Waals surface area contributed by atoms with Gasteiger partial charge in [-0.2, -0.15) is 0 Å². The zero-order valence-electron chi connectivity index (χ0n) is 39.0. The van der Waals surface area contributed by atoms with Crippen molar-refractivity contribution in [2.24, 2.45) is 0 Å². The Bertz CT molecular complexity index is 1040. The summed E-state index contributed by atoms with van der Waals surface area (Å²) in [6, 6.07) is 0. The van der Waals surface area contributed by atoms with E-state index < -0.39 is 6.10 Å². The molecule has 0 saturated heterocycles. The van der Waals surface area contributed by atoms with Crippen LogP contribution in [-0.4, -0.2) is 37.2 Å². The Morgan fingerprint density at radius 3 is 1.05 bits per heavy atom. The lowest BCUT2D eigenvalue weighted by Crippen LogP contribution is -2.30. The monoisotopic (exact) mass is 827 g/mol. The molecule has 0 aliphatic rings. The third-order valence-corrected chi connectivity index (χ3v) is 10.8. The molecule has 0 rings (SSSR count). The Morgan fingerprint density at radius 2 is 0.661 bits per heavy atom. The molecular formula is C53H94O6. The second-order valence-corrected chi connectivity index (χ2v) is 16.7. The predicted molar refractivity (Wildman–Crippen MR) is 252 cm³/mol. The number of carbonyl (C=O) groups excluding carboxylic acids is 3. The molecule has 0 aliphatic carbocycles. The number of hydrogen-bond donors (Lipinski definition) is 0. The minimum Gasteiger partial charge on any atom is -0.462 e. The summed E-state index contributed by atoms with van der Waals surface area (Å²) in [6.07, 6.45) is 56.7. The molecule has 6 heteroatoms. The first kappa shape index (κ1) is 56.4. The third-order valence-electron chi connectivity index (χ3n) is 10.8. The van der Waals surface area contributed by atoms with E-state index in [1.807, 2.05) is 0 Å². The first-order chi connectivity index (χ1) is 29.0. The fourth-order valence-corrected chi connectivity index (χ4v) is 7.04. The predicted octanol–water partition coefficient (Wildman–Crippen LogP) is 16.3. The van der Waals surface area contributed by atoms with Crippen LogP contribution in [0.1, 0.15) is 252 Å². The van der Waals surface area contributed by atoms with Crippen LogP contribution in [0.2, 0.25) is 0 Å². The lowest BCUT2D eigenvalue weighted by atomic mass is 10.1. The summed E-state index contributed by atoms with van der Waals surface area (Å²) in [7, 11) is 0. The van der Waals surface area contributed by atoms with E-state index in [4.69, 9.17) is 14.2 Å². The molecule has 0 fully saturated rings. The van der Waals surface area contributed by atoms with E-state index >= 15 is 0 Å². The summed E-state index contributed by atoms with van der Waals surface area (Å²) < 4.78 is 16.7. The van der Waals surface area contributed by atoms with Crippen molar-refractivity contribution in [1.82, 2.24) is 0 Å². The quantitative estimate of drug-likeness (QED) is 0.0263. The molecule has 1 atom stereocenters. The van der Waals surface area contributed by atoms with Crippen molar-refractivity contribution in [2.75, 3.05) is 13.2 Å². The third kappa shape index (κ3) is 46.3. The van der Waals surface area contributed by atoms with Gasteiger partial charge in [-0.1, -0.05) is 204 Å². The van der Waals surface area contributed by atoms with Crippen LogP contribution in [0.25, 0.3) is 0 Å². The number of unbranched alkanes of at least 4 members (excludes halogenated alkanes) is 26. The van der Waals surface area contributed by atoms with Gasteiger partial charge in [0.2, 0.25) is 0 Å². The van der Waals surface area contributed by atoms with Crippen molar-refractivity contribution in [3.8, 4) is 0 Å². The highest BCUT2D eigenvalue weighted by Gasteiger charge is 2.19. The van der Waals surface area contributed by atoms with Gasteiger partial charge in [-0.15, -0.1) is 0 Å². The number of esters is 3. The van der Waals surface area contributed by atoms with Crippen molar-refractivity contribution < 1.29 is 28.6 Å². The lowest BCUT2D eigenvalue weighted by Gasteiger charge is -2.18. The van der Waals surface area contributed by atoms with Gasteiger partial charge in [0.15, 0.2) is 6.10 Å². The van der Waals surface area contributed by atoms with Gasteiger partial charge in [0.25, 0.3) is 0 Å². The summed E-state index contributed by atoms with van der Waals surface area (Å²) in [5.41, 5.74) is 0. The van der Waals surface area contributed by atoms with E-state index in [-0.39, 0.29) is 31.1 Å². The van der Waals surface area contributed by atoms with Crippen molar-refractivity contribution in [3.63, 3.8) is 0 Å². The maximum atomic E-state index is 12.8. The topological polar surface area (TPSA) is 78.9 Å². The molecule has 0 amide bonds. The van der Waals surface area contributed by atoms with Crippen molar-refractivity contribution >= 4 is 17.9 Å². The Balaban J connectivity index is 4.34. The van der Waals surface area contributed by atoms with Gasteiger partial charge in [0.05, 0.1) is 0 Å². The van der Waals surface area contributed by atoms with Gasteiger partial charge in [0, 0.05) is 19.3 Å². The Labute approximate surface area is 365 Å². The average Bonchev–Trinajstić information content (AvgIpc) is 3.23.